The zero-order chi connectivity index (χ0) is 34.5. The van der Waals surface area contributed by atoms with E-state index in [0.717, 1.165) is 21.9 Å². The SMILES string of the molecule is CCOc1ccc([C@H]2C(C(=O)OC)=CN=c3s/c(=C/c4cc(Br)c(OCc5cccc6ccccc56)c(OCC)c4)c(=O)n32)cc1OCC. The molecule has 4 aromatic carbocycles. The molecule has 5 aromatic rings. The number of methoxy groups -OCH3 is 1. The first-order chi connectivity index (χ1) is 23.9. The van der Waals surface area contributed by atoms with Gasteiger partial charge in [0.1, 0.15) is 6.61 Å². The van der Waals surface area contributed by atoms with E-state index >= 15 is 0 Å². The summed E-state index contributed by atoms with van der Waals surface area (Å²) in [6.07, 6.45) is 3.25. The first kappa shape index (κ1) is 34.0. The van der Waals surface area contributed by atoms with E-state index in [2.05, 4.69) is 45.2 Å². The number of esters is 1. The van der Waals surface area contributed by atoms with Crippen LogP contribution in [0.15, 0.2) is 98.8 Å². The monoisotopic (exact) mass is 742 g/mol. The summed E-state index contributed by atoms with van der Waals surface area (Å²) >= 11 is 4.91. The van der Waals surface area contributed by atoms with E-state index < -0.39 is 12.0 Å². The minimum Gasteiger partial charge on any atom is -0.490 e. The zero-order valence-electron chi connectivity index (χ0n) is 27.5. The Kier molecular flexibility index (Phi) is 10.5. The lowest BCUT2D eigenvalue weighted by Gasteiger charge is -2.23. The Balaban J connectivity index is 1.39. The molecule has 0 fully saturated rings. The van der Waals surface area contributed by atoms with E-state index in [4.69, 9.17) is 23.7 Å². The number of hydrogen-bond donors (Lipinski definition) is 0. The highest BCUT2D eigenvalue weighted by molar-refractivity contribution is 9.10. The van der Waals surface area contributed by atoms with Crippen molar-refractivity contribution in [2.45, 2.75) is 33.4 Å². The molecule has 0 N–H and O–H groups in total. The van der Waals surface area contributed by atoms with Crippen LogP contribution in [0.4, 0.5) is 0 Å². The van der Waals surface area contributed by atoms with Gasteiger partial charge in [0.05, 0.1) is 47.6 Å². The Hall–Kier alpha value is -4.87. The van der Waals surface area contributed by atoms with Crippen LogP contribution in [-0.2, 0) is 16.1 Å². The van der Waals surface area contributed by atoms with Crippen LogP contribution in [0.1, 0.15) is 43.5 Å². The highest BCUT2D eigenvalue weighted by atomic mass is 79.9. The molecule has 0 radical (unpaired) electrons. The Bertz CT molecular complexity index is 2240. The largest absolute Gasteiger partial charge is 0.490 e. The fourth-order valence-electron chi connectivity index (χ4n) is 5.78. The standard InChI is InChI=1S/C38H35BrN2O7S/c1-5-45-30-16-15-25(20-31(30)46-6-2)34-28(37(43)44-4)21-40-38-41(34)36(42)33(49-38)19-23-17-29(39)35(32(18-23)47-7-3)48-22-26-13-10-12-24-11-8-9-14-27(24)26/h8-21,34H,5-7,22H2,1-4H3/b33-19+/t34-/m0/s1. The quantitative estimate of drug-likeness (QED) is 0.131. The molecule has 0 saturated carbocycles. The molecule has 1 atom stereocenters. The lowest BCUT2D eigenvalue weighted by molar-refractivity contribution is -0.136. The number of thiazole rings is 1. The van der Waals surface area contributed by atoms with Crippen molar-refractivity contribution < 1.29 is 28.5 Å². The summed E-state index contributed by atoms with van der Waals surface area (Å²) in [6.45, 7) is 7.32. The van der Waals surface area contributed by atoms with Crippen LogP contribution in [0.3, 0.4) is 0 Å². The second-order valence-electron chi connectivity index (χ2n) is 10.9. The van der Waals surface area contributed by atoms with Crippen LogP contribution >= 0.6 is 27.3 Å². The van der Waals surface area contributed by atoms with E-state index in [9.17, 15) is 9.59 Å². The highest BCUT2D eigenvalue weighted by Gasteiger charge is 2.31. The molecule has 9 nitrogen and oxygen atoms in total. The molecule has 0 amide bonds. The first-order valence-electron chi connectivity index (χ1n) is 15.9. The minimum absolute atomic E-state index is 0.224. The third kappa shape index (κ3) is 7.00. The van der Waals surface area contributed by atoms with E-state index in [-0.39, 0.29) is 11.1 Å². The van der Waals surface area contributed by atoms with Gasteiger partial charge in [-0.2, -0.15) is 0 Å². The number of halogens is 1. The molecule has 0 saturated heterocycles. The van der Waals surface area contributed by atoms with Crippen LogP contribution < -0.4 is 33.8 Å². The Labute approximate surface area is 295 Å². The molecular weight excluding hydrogens is 708 g/mol. The number of aromatic nitrogens is 1. The minimum atomic E-state index is -0.795. The lowest BCUT2D eigenvalue weighted by atomic mass is 9.97. The Morgan fingerprint density at radius 3 is 2.41 bits per heavy atom. The number of carbonyl (C=O) groups is 1. The molecule has 2 heterocycles. The molecule has 49 heavy (non-hydrogen) atoms. The summed E-state index contributed by atoms with van der Waals surface area (Å²) in [5, 5.41) is 2.27. The zero-order valence-corrected chi connectivity index (χ0v) is 29.9. The van der Waals surface area contributed by atoms with Crippen LogP contribution in [0.2, 0.25) is 0 Å². The molecule has 1 aromatic heterocycles. The second-order valence-corrected chi connectivity index (χ2v) is 12.8. The van der Waals surface area contributed by atoms with Gasteiger partial charge in [-0.1, -0.05) is 59.9 Å². The van der Waals surface area contributed by atoms with E-state index in [1.54, 1.807) is 18.2 Å². The molecule has 0 bridgehead atoms. The summed E-state index contributed by atoms with van der Waals surface area (Å²) < 4.78 is 31.7. The van der Waals surface area contributed by atoms with Crippen LogP contribution in [0, 0.1) is 0 Å². The normalized spacial score (nSPS) is 14.1. The van der Waals surface area contributed by atoms with Gasteiger partial charge in [-0.3, -0.25) is 9.36 Å². The molecule has 0 unspecified atom stereocenters. The second kappa shape index (κ2) is 15.1. The predicted octanol–water partition coefficient (Wildman–Crippen LogP) is 6.71. The van der Waals surface area contributed by atoms with E-state index in [1.807, 2.05) is 57.2 Å². The van der Waals surface area contributed by atoms with Gasteiger partial charge in [0.15, 0.2) is 27.8 Å². The molecule has 0 spiro atoms. The summed E-state index contributed by atoms with van der Waals surface area (Å²) in [7, 11) is 1.30. The molecular formula is C38H35BrN2O7S. The van der Waals surface area contributed by atoms with Crippen molar-refractivity contribution in [2.24, 2.45) is 4.99 Å². The first-order valence-corrected chi connectivity index (χ1v) is 17.5. The molecule has 1 aliphatic heterocycles. The Morgan fingerprint density at radius 2 is 1.63 bits per heavy atom. The number of ether oxygens (including phenoxy) is 5. The Morgan fingerprint density at radius 1 is 0.898 bits per heavy atom. The molecule has 11 heteroatoms. The topological polar surface area (TPSA) is 97.6 Å². The van der Waals surface area contributed by atoms with Crippen molar-refractivity contribution in [3.63, 3.8) is 0 Å². The van der Waals surface area contributed by atoms with Crippen molar-refractivity contribution in [1.82, 2.24) is 4.57 Å². The van der Waals surface area contributed by atoms with Gasteiger partial charge in [0.25, 0.3) is 5.56 Å². The van der Waals surface area contributed by atoms with Crippen LogP contribution in [0.25, 0.3) is 16.8 Å². The lowest BCUT2D eigenvalue weighted by Crippen LogP contribution is -2.39. The van der Waals surface area contributed by atoms with E-state index in [0.29, 0.717) is 68.8 Å². The van der Waals surface area contributed by atoms with Crippen LogP contribution in [0.5, 0.6) is 23.0 Å². The van der Waals surface area contributed by atoms with E-state index in [1.165, 1.54) is 29.2 Å². The van der Waals surface area contributed by atoms with Crippen molar-refractivity contribution in [3.8, 4) is 23.0 Å². The summed E-state index contributed by atoms with van der Waals surface area (Å²) in [5.41, 5.74) is 2.35. The number of nitrogens with zero attached hydrogens (tertiary/aromatic N) is 2. The summed E-state index contributed by atoms with van der Waals surface area (Å²) in [5.74, 6) is 1.61. The average Bonchev–Trinajstić information content (AvgIpc) is 3.42. The van der Waals surface area contributed by atoms with Gasteiger partial charge >= 0.3 is 5.97 Å². The third-order valence-corrected chi connectivity index (χ3v) is 9.48. The molecule has 252 valence electrons. The third-order valence-electron chi connectivity index (χ3n) is 7.89. The number of hydrogen-bond acceptors (Lipinski definition) is 9. The van der Waals surface area contributed by atoms with Crippen molar-refractivity contribution >= 4 is 50.1 Å². The van der Waals surface area contributed by atoms with Crippen molar-refractivity contribution in [1.29, 1.82) is 0 Å². The summed E-state index contributed by atoms with van der Waals surface area (Å²) in [4.78, 5) is 32.1. The molecule has 6 rings (SSSR count). The van der Waals surface area contributed by atoms with Gasteiger partial charge in [0, 0.05) is 6.20 Å². The fraction of sp³-hybridized carbons (Fsp3) is 0.237. The average molecular weight is 744 g/mol. The van der Waals surface area contributed by atoms with Gasteiger partial charge < -0.3 is 23.7 Å². The van der Waals surface area contributed by atoms with Crippen molar-refractivity contribution in [2.75, 3.05) is 26.9 Å². The molecule has 0 aliphatic carbocycles. The number of rotatable bonds is 12. The maximum absolute atomic E-state index is 14.1. The van der Waals surface area contributed by atoms with Gasteiger partial charge in [-0.15, -0.1) is 0 Å². The number of benzene rings is 4. The fourth-order valence-corrected chi connectivity index (χ4v) is 7.32. The molecule has 1 aliphatic rings. The number of carbonyl (C=O) groups excluding carboxylic acids is 1. The summed E-state index contributed by atoms with van der Waals surface area (Å²) in [6, 6.07) is 22.7. The van der Waals surface area contributed by atoms with Gasteiger partial charge in [-0.05, 0) is 94.5 Å². The van der Waals surface area contributed by atoms with Crippen molar-refractivity contribution in [3.05, 3.63) is 125 Å². The maximum Gasteiger partial charge on any atom is 0.337 e. The van der Waals surface area contributed by atoms with Crippen LogP contribution in [-0.4, -0.2) is 37.5 Å². The maximum atomic E-state index is 14.1. The highest BCUT2D eigenvalue weighted by Crippen LogP contribution is 2.38. The van der Waals surface area contributed by atoms with Gasteiger partial charge in [-0.25, -0.2) is 9.79 Å². The van der Waals surface area contributed by atoms with Gasteiger partial charge in [0.2, 0.25) is 0 Å². The smallest absolute Gasteiger partial charge is 0.337 e. The number of fused-ring (bicyclic) bond motifs is 2. The predicted molar refractivity (Wildman–Crippen MR) is 194 cm³/mol.